The predicted molar refractivity (Wildman–Crippen MR) is 72.6 cm³/mol. The standard InChI is InChI=1S/C12H21N3O.ClH/c1-3-4-5-10(8-13)15-12(16)11-6-7-14-9(11)2;/h6-7,10,14H,3-5,8,13H2,1-2H3,(H,15,16);1H. The molecule has 1 aromatic heterocycles. The Morgan fingerprint density at radius 2 is 2.29 bits per heavy atom. The first kappa shape index (κ1) is 16.0. The Morgan fingerprint density at radius 3 is 2.76 bits per heavy atom. The molecule has 0 saturated carbocycles. The highest BCUT2D eigenvalue weighted by Crippen LogP contribution is 2.06. The van der Waals surface area contributed by atoms with Gasteiger partial charge in [0.2, 0.25) is 0 Å². The highest BCUT2D eigenvalue weighted by atomic mass is 35.5. The lowest BCUT2D eigenvalue weighted by Gasteiger charge is -2.16. The quantitative estimate of drug-likeness (QED) is 0.731. The van der Waals surface area contributed by atoms with Gasteiger partial charge in [0.05, 0.1) is 5.56 Å². The van der Waals surface area contributed by atoms with Crippen LogP contribution in [0.3, 0.4) is 0 Å². The van der Waals surface area contributed by atoms with Crippen LogP contribution in [0.4, 0.5) is 0 Å². The number of nitrogens with two attached hydrogens (primary N) is 1. The van der Waals surface area contributed by atoms with Gasteiger partial charge >= 0.3 is 0 Å². The Kier molecular flexibility index (Phi) is 7.66. The van der Waals surface area contributed by atoms with E-state index in [-0.39, 0.29) is 24.4 Å². The van der Waals surface area contributed by atoms with Crippen LogP contribution in [0.15, 0.2) is 12.3 Å². The van der Waals surface area contributed by atoms with Gasteiger partial charge in [-0.2, -0.15) is 0 Å². The van der Waals surface area contributed by atoms with Crippen LogP contribution in [-0.4, -0.2) is 23.5 Å². The molecule has 0 aliphatic heterocycles. The fourth-order valence-electron chi connectivity index (χ4n) is 1.66. The number of amides is 1. The zero-order valence-corrected chi connectivity index (χ0v) is 11.3. The minimum Gasteiger partial charge on any atom is -0.365 e. The molecule has 17 heavy (non-hydrogen) atoms. The maximum Gasteiger partial charge on any atom is 0.253 e. The summed E-state index contributed by atoms with van der Waals surface area (Å²) in [6, 6.07) is 1.87. The van der Waals surface area contributed by atoms with Crippen molar-refractivity contribution in [3.63, 3.8) is 0 Å². The summed E-state index contributed by atoms with van der Waals surface area (Å²) in [6.07, 6.45) is 4.93. The van der Waals surface area contributed by atoms with E-state index in [1.165, 1.54) is 0 Å². The molecular formula is C12H22ClN3O. The van der Waals surface area contributed by atoms with Gasteiger partial charge in [-0.3, -0.25) is 4.79 Å². The Hall–Kier alpha value is -1.00. The number of hydrogen-bond acceptors (Lipinski definition) is 2. The van der Waals surface area contributed by atoms with Crippen molar-refractivity contribution in [1.82, 2.24) is 10.3 Å². The van der Waals surface area contributed by atoms with E-state index >= 15 is 0 Å². The van der Waals surface area contributed by atoms with Crippen LogP contribution in [0, 0.1) is 6.92 Å². The molecule has 0 aromatic carbocycles. The molecule has 0 aliphatic carbocycles. The number of aryl methyl sites for hydroxylation is 1. The van der Waals surface area contributed by atoms with Gasteiger partial charge in [-0.1, -0.05) is 19.8 Å². The van der Waals surface area contributed by atoms with Gasteiger partial charge < -0.3 is 16.0 Å². The molecule has 1 atom stereocenters. The maximum absolute atomic E-state index is 11.9. The van der Waals surface area contributed by atoms with E-state index in [1.54, 1.807) is 12.3 Å². The van der Waals surface area contributed by atoms with Crippen LogP contribution in [0.25, 0.3) is 0 Å². The van der Waals surface area contributed by atoms with Crippen LogP contribution < -0.4 is 11.1 Å². The first-order valence-corrected chi connectivity index (χ1v) is 5.84. The lowest BCUT2D eigenvalue weighted by atomic mass is 10.1. The highest BCUT2D eigenvalue weighted by Gasteiger charge is 2.13. The molecule has 0 saturated heterocycles. The number of rotatable bonds is 6. The fourth-order valence-corrected chi connectivity index (χ4v) is 1.66. The van der Waals surface area contributed by atoms with Gasteiger partial charge in [0, 0.05) is 24.5 Å². The van der Waals surface area contributed by atoms with Crippen molar-refractivity contribution in [1.29, 1.82) is 0 Å². The molecule has 5 heteroatoms. The Bertz CT molecular complexity index is 338. The molecule has 1 amide bonds. The second kappa shape index (κ2) is 8.14. The summed E-state index contributed by atoms with van der Waals surface area (Å²) in [5.74, 6) is -0.0368. The first-order chi connectivity index (χ1) is 7.69. The Balaban J connectivity index is 0.00000256. The molecule has 0 radical (unpaired) electrons. The van der Waals surface area contributed by atoms with E-state index in [9.17, 15) is 4.79 Å². The number of H-pyrrole nitrogens is 1. The molecule has 0 spiro atoms. The molecule has 0 bridgehead atoms. The summed E-state index contributed by atoms with van der Waals surface area (Å²) in [5, 5.41) is 2.96. The van der Waals surface area contributed by atoms with E-state index < -0.39 is 0 Å². The third kappa shape index (κ3) is 4.79. The zero-order chi connectivity index (χ0) is 12.0. The Labute approximate surface area is 109 Å². The molecule has 1 unspecified atom stereocenters. The van der Waals surface area contributed by atoms with Crippen LogP contribution >= 0.6 is 12.4 Å². The minimum atomic E-state index is -0.0368. The highest BCUT2D eigenvalue weighted by molar-refractivity contribution is 5.95. The second-order valence-corrected chi connectivity index (χ2v) is 4.06. The van der Waals surface area contributed by atoms with Gasteiger partial charge in [0.15, 0.2) is 0 Å². The normalized spacial score (nSPS) is 11.7. The number of carbonyl (C=O) groups excluding carboxylic acids is 1. The molecule has 98 valence electrons. The monoisotopic (exact) mass is 259 g/mol. The number of carbonyl (C=O) groups is 1. The lowest BCUT2D eigenvalue weighted by Crippen LogP contribution is -2.40. The van der Waals surface area contributed by atoms with E-state index in [1.807, 2.05) is 6.92 Å². The number of nitrogens with one attached hydrogen (secondary N) is 2. The number of aromatic nitrogens is 1. The summed E-state index contributed by atoms with van der Waals surface area (Å²) in [7, 11) is 0. The zero-order valence-electron chi connectivity index (χ0n) is 10.5. The molecular weight excluding hydrogens is 238 g/mol. The molecule has 1 rings (SSSR count). The summed E-state index contributed by atoms with van der Waals surface area (Å²) in [4.78, 5) is 14.9. The first-order valence-electron chi connectivity index (χ1n) is 5.84. The second-order valence-electron chi connectivity index (χ2n) is 4.06. The average molecular weight is 260 g/mol. The smallest absolute Gasteiger partial charge is 0.253 e. The number of hydrogen-bond donors (Lipinski definition) is 3. The van der Waals surface area contributed by atoms with E-state index in [0.717, 1.165) is 25.0 Å². The summed E-state index contributed by atoms with van der Waals surface area (Å²) >= 11 is 0. The molecule has 0 fully saturated rings. The third-order valence-corrected chi connectivity index (χ3v) is 2.72. The molecule has 4 nitrogen and oxygen atoms in total. The van der Waals surface area contributed by atoms with Crippen LogP contribution in [0.5, 0.6) is 0 Å². The number of halogens is 1. The van der Waals surface area contributed by atoms with Crippen LogP contribution in [0.1, 0.15) is 42.2 Å². The van der Waals surface area contributed by atoms with Crippen molar-refractivity contribution in [2.24, 2.45) is 5.73 Å². The van der Waals surface area contributed by atoms with Crippen molar-refractivity contribution < 1.29 is 4.79 Å². The van der Waals surface area contributed by atoms with E-state index in [4.69, 9.17) is 5.73 Å². The lowest BCUT2D eigenvalue weighted by molar-refractivity contribution is 0.0935. The van der Waals surface area contributed by atoms with E-state index in [2.05, 4.69) is 17.2 Å². The number of unbranched alkanes of at least 4 members (excludes halogenated alkanes) is 1. The van der Waals surface area contributed by atoms with Gasteiger partial charge in [0.25, 0.3) is 5.91 Å². The predicted octanol–water partition coefficient (Wildman–Crippen LogP) is 1.99. The summed E-state index contributed by atoms with van der Waals surface area (Å²) in [5.41, 5.74) is 7.23. The van der Waals surface area contributed by atoms with Crippen LogP contribution in [0.2, 0.25) is 0 Å². The third-order valence-electron chi connectivity index (χ3n) is 2.72. The van der Waals surface area contributed by atoms with Gasteiger partial charge in [-0.15, -0.1) is 12.4 Å². The average Bonchev–Trinajstić information content (AvgIpc) is 2.70. The molecule has 1 aromatic rings. The molecule has 4 N–H and O–H groups in total. The molecule has 1 heterocycles. The largest absolute Gasteiger partial charge is 0.365 e. The van der Waals surface area contributed by atoms with E-state index in [0.29, 0.717) is 12.1 Å². The van der Waals surface area contributed by atoms with Crippen molar-refractivity contribution in [2.75, 3.05) is 6.54 Å². The van der Waals surface area contributed by atoms with Gasteiger partial charge in [-0.05, 0) is 19.4 Å². The van der Waals surface area contributed by atoms with Crippen molar-refractivity contribution in [2.45, 2.75) is 39.2 Å². The minimum absolute atomic E-state index is 0. The fraction of sp³-hybridized carbons (Fsp3) is 0.583. The summed E-state index contributed by atoms with van der Waals surface area (Å²) < 4.78 is 0. The van der Waals surface area contributed by atoms with Crippen molar-refractivity contribution in [3.05, 3.63) is 23.5 Å². The summed E-state index contributed by atoms with van der Waals surface area (Å²) in [6.45, 7) is 4.51. The molecule has 0 aliphatic rings. The van der Waals surface area contributed by atoms with Crippen molar-refractivity contribution >= 4 is 18.3 Å². The van der Waals surface area contributed by atoms with Crippen molar-refractivity contribution in [3.8, 4) is 0 Å². The Morgan fingerprint density at radius 1 is 1.59 bits per heavy atom. The topological polar surface area (TPSA) is 70.9 Å². The van der Waals surface area contributed by atoms with Gasteiger partial charge in [-0.25, -0.2) is 0 Å². The van der Waals surface area contributed by atoms with Crippen LogP contribution in [-0.2, 0) is 0 Å². The number of aromatic amines is 1. The SMILES string of the molecule is CCCCC(CN)NC(=O)c1cc[nH]c1C.Cl. The maximum atomic E-state index is 11.9. The van der Waals surface area contributed by atoms with Gasteiger partial charge in [0.1, 0.15) is 0 Å².